The third kappa shape index (κ3) is 1.44. The van der Waals surface area contributed by atoms with E-state index in [2.05, 4.69) is 5.38 Å². The van der Waals surface area contributed by atoms with Crippen molar-refractivity contribution in [2.45, 2.75) is 13.8 Å². The second-order valence-electron chi connectivity index (χ2n) is 2.95. The number of fused-ring (bicyclic) bond motifs is 1. The highest BCUT2D eigenvalue weighted by molar-refractivity contribution is 7.37. The summed E-state index contributed by atoms with van der Waals surface area (Å²) in [5.41, 5.74) is 1.87. The maximum absolute atomic E-state index is 11.6. The molecule has 0 amide bonds. The topological polar surface area (TPSA) is 26.3 Å². The van der Waals surface area contributed by atoms with Gasteiger partial charge in [-0.2, -0.15) is 0 Å². The highest BCUT2D eigenvalue weighted by Crippen LogP contribution is 2.34. The number of ether oxygens (including phenoxy) is 1. The SMILES string of the molecule is CCOC(=O)c1csc2scc(C)c12. The minimum Gasteiger partial charge on any atom is -0.462 e. The zero-order valence-corrected chi connectivity index (χ0v) is 9.63. The fourth-order valence-corrected chi connectivity index (χ4v) is 3.49. The van der Waals surface area contributed by atoms with Crippen LogP contribution in [0.3, 0.4) is 0 Å². The van der Waals surface area contributed by atoms with Crippen LogP contribution in [-0.4, -0.2) is 12.6 Å². The third-order valence-electron chi connectivity index (χ3n) is 1.99. The van der Waals surface area contributed by atoms with E-state index in [4.69, 9.17) is 4.74 Å². The molecule has 2 nitrogen and oxygen atoms in total. The first-order valence-electron chi connectivity index (χ1n) is 4.36. The largest absolute Gasteiger partial charge is 0.462 e. The lowest BCUT2D eigenvalue weighted by molar-refractivity contribution is 0.0529. The Kier molecular flexibility index (Phi) is 2.56. The van der Waals surface area contributed by atoms with Crippen molar-refractivity contribution < 1.29 is 9.53 Å². The molecular weight excluding hydrogens is 216 g/mol. The van der Waals surface area contributed by atoms with Crippen LogP contribution in [0.15, 0.2) is 10.8 Å². The normalized spacial score (nSPS) is 10.7. The van der Waals surface area contributed by atoms with Crippen LogP contribution in [0.1, 0.15) is 22.8 Å². The van der Waals surface area contributed by atoms with Crippen molar-refractivity contribution in [1.82, 2.24) is 0 Å². The minimum atomic E-state index is -0.208. The Hall–Kier alpha value is -0.870. The van der Waals surface area contributed by atoms with Crippen molar-refractivity contribution in [2.75, 3.05) is 6.61 Å². The molecule has 2 aromatic rings. The van der Waals surface area contributed by atoms with Crippen molar-refractivity contribution in [3.8, 4) is 0 Å². The maximum Gasteiger partial charge on any atom is 0.339 e. The molecule has 0 aliphatic heterocycles. The van der Waals surface area contributed by atoms with Gasteiger partial charge in [0.1, 0.15) is 0 Å². The van der Waals surface area contributed by atoms with Crippen LogP contribution in [0.2, 0.25) is 0 Å². The van der Waals surface area contributed by atoms with Crippen LogP contribution in [0.5, 0.6) is 0 Å². The van der Waals surface area contributed by atoms with Crippen molar-refractivity contribution in [1.29, 1.82) is 0 Å². The number of hydrogen-bond acceptors (Lipinski definition) is 4. The zero-order chi connectivity index (χ0) is 10.1. The van der Waals surface area contributed by atoms with Gasteiger partial charge in [0.05, 0.1) is 16.2 Å². The molecule has 0 N–H and O–H groups in total. The highest BCUT2D eigenvalue weighted by Gasteiger charge is 2.15. The average Bonchev–Trinajstić information content (AvgIpc) is 2.70. The Labute approximate surface area is 90.1 Å². The summed E-state index contributed by atoms with van der Waals surface area (Å²) in [6, 6.07) is 0. The van der Waals surface area contributed by atoms with E-state index in [-0.39, 0.29) is 5.97 Å². The number of carbonyl (C=O) groups is 1. The standard InChI is InChI=1S/C10H10O2S2/c1-3-12-9(11)7-5-14-10-8(7)6(2)4-13-10/h4-5H,3H2,1-2H3. The lowest BCUT2D eigenvalue weighted by Crippen LogP contribution is -2.03. The summed E-state index contributed by atoms with van der Waals surface area (Å²) >= 11 is 3.29. The molecule has 0 spiro atoms. The molecular formula is C10H10O2S2. The summed E-state index contributed by atoms with van der Waals surface area (Å²) < 4.78 is 6.19. The predicted molar refractivity (Wildman–Crippen MR) is 60.4 cm³/mol. The van der Waals surface area contributed by atoms with Crippen LogP contribution in [0.25, 0.3) is 9.40 Å². The van der Waals surface area contributed by atoms with E-state index >= 15 is 0 Å². The Morgan fingerprint density at radius 2 is 2.14 bits per heavy atom. The van der Waals surface area contributed by atoms with E-state index in [0.717, 1.165) is 10.9 Å². The van der Waals surface area contributed by atoms with E-state index in [0.29, 0.717) is 12.2 Å². The monoisotopic (exact) mass is 226 g/mol. The van der Waals surface area contributed by atoms with Gasteiger partial charge in [-0.05, 0) is 24.8 Å². The van der Waals surface area contributed by atoms with Crippen LogP contribution in [0.4, 0.5) is 0 Å². The quantitative estimate of drug-likeness (QED) is 0.733. The van der Waals surface area contributed by atoms with Crippen LogP contribution in [0, 0.1) is 6.92 Å². The molecule has 0 aliphatic carbocycles. The minimum absolute atomic E-state index is 0.208. The smallest absolute Gasteiger partial charge is 0.339 e. The predicted octanol–water partition coefficient (Wildman–Crippen LogP) is 3.45. The summed E-state index contributed by atoms with van der Waals surface area (Å²) in [5, 5.41) is 5.02. The van der Waals surface area contributed by atoms with Gasteiger partial charge in [0.2, 0.25) is 0 Å². The second-order valence-corrected chi connectivity index (χ2v) is 4.97. The Morgan fingerprint density at radius 1 is 1.43 bits per heavy atom. The van der Waals surface area contributed by atoms with E-state index in [9.17, 15) is 4.79 Å². The summed E-state index contributed by atoms with van der Waals surface area (Å²) in [6.07, 6.45) is 0. The van der Waals surface area contributed by atoms with Gasteiger partial charge in [0, 0.05) is 10.8 Å². The van der Waals surface area contributed by atoms with Crippen molar-refractivity contribution in [3.05, 3.63) is 21.9 Å². The fraction of sp³-hybridized carbons (Fsp3) is 0.300. The second kappa shape index (κ2) is 3.71. The van der Waals surface area contributed by atoms with Gasteiger partial charge in [-0.15, -0.1) is 22.7 Å². The van der Waals surface area contributed by atoms with E-state index < -0.39 is 0 Å². The summed E-state index contributed by atoms with van der Waals surface area (Å²) in [7, 11) is 0. The Bertz CT molecular complexity index is 467. The van der Waals surface area contributed by atoms with Crippen LogP contribution < -0.4 is 0 Å². The first-order valence-corrected chi connectivity index (χ1v) is 6.12. The summed E-state index contributed by atoms with van der Waals surface area (Å²) in [6.45, 7) is 4.27. The Morgan fingerprint density at radius 3 is 2.86 bits per heavy atom. The molecule has 74 valence electrons. The first kappa shape index (κ1) is 9.68. The summed E-state index contributed by atoms with van der Waals surface area (Å²) in [5.74, 6) is -0.208. The lowest BCUT2D eigenvalue weighted by atomic mass is 10.2. The fourth-order valence-electron chi connectivity index (χ4n) is 1.36. The van der Waals surface area contributed by atoms with Gasteiger partial charge >= 0.3 is 5.97 Å². The van der Waals surface area contributed by atoms with Crippen LogP contribution >= 0.6 is 22.7 Å². The number of aryl methyl sites for hydroxylation is 1. The Balaban J connectivity index is 2.51. The molecule has 14 heavy (non-hydrogen) atoms. The molecule has 0 aliphatic rings. The highest BCUT2D eigenvalue weighted by atomic mass is 32.2. The zero-order valence-electron chi connectivity index (χ0n) is 7.99. The van der Waals surface area contributed by atoms with Crippen molar-refractivity contribution in [2.24, 2.45) is 0 Å². The molecule has 0 saturated heterocycles. The van der Waals surface area contributed by atoms with Gasteiger partial charge < -0.3 is 4.74 Å². The van der Waals surface area contributed by atoms with Gasteiger partial charge in [-0.1, -0.05) is 0 Å². The third-order valence-corrected chi connectivity index (χ3v) is 4.23. The summed E-state index contributed by atoms with van der Waals surface area (Å²) in [4.78, 5) is 11.6. The molecule has 4 heteroatoms. The van der Waals surface area contributed by atoms with Crippen molar-refractivity contribution in [3.63, 3.8) is 0 Å². The van der Waals surface area contributed by atoms with Gasteiger partial charge in [-0.25, -0.2) is 4.79 Å². The molecule has 0 radical (unpaired) electrons. The van der Waals surface area contributed by atoms with Gasteiger partial charge in [-0.3, -0.25) is 0 Å². The maximum atomic E-state index is 11.6. The molecule has 2 heterocycles. The average molecular weight is 226 g/mol. The van der Waals surface area contributed by atoms with E-state index in [1.165, 1.54) is 4.01 Å². The molecule has 0 unspecified atom stereocenters. The number of rotatable bonds is 2. The first-order chi connectivity index (χ1) is 6.74. The number of thiophene rings is 2. The van der Waals surface area contributed by atoms with Gasteiger partial charge in [0.15, 0.2) is 0 Å². The van der Waals surface area contributed by atoms with Crippen LogP contribution in [-0.2, 0) is 4.74 Å². The molecule has 0 aromatic carbocycles. The molecule has 0 atom stereocenters. The number of hydrogen-bond donors (Lipinski definition) is 0. The van der Waals surface area contributed by atoms with Crippen molar-refractivity contribution >= 4 is 38.0 Å². The van der Waals surface area contributed by atoms with E-state index in [1.54, 1.807) is 22.7 Å². The number of carbonyl (C=O) groups excluding carboxylic acids is 1. The lowest BCUT2D eigenvalue weighted by Gasteiger charge is -1.98. The molecule has 2 rings (SSSR count). The molecule has 2 aromatic heterocycles. The molecule has 0 saturated carbocycles. The number of esters is 1. The molecule has 0 bridgehead atoms. The van der Waals surface area contributed by atoms with E-state index in [1.807, 2.05) is 19.2 Å². The molecule has 0 fully saturated rings. The van der Waals surface area contributed by atoms with Gasteiger partial charge in [0.25, 0.3) is 0 Å².